The first-order valence-corrected chi connectivity index (χ1v) is 9.70. The maximum absolute atomic E-state index is 12.2. The molecule has 0 bridgehead atoms. The lowest BCUT2D eigenvalue weighted by Gasteiger charge is -2.25. The van der Waals surface area contributed by atoms with Crippen molar-refractivity contribution in [2.75, 3.05) is 38.6 Å². The number of amides is 1. The fourth-order valence-electron chi connectivity index (χ4n) is 3.64. The Balaban J connectivity index is 1.59. The molecule has 1 amide bonds. The van der Waals surface area contributed by atoms with Crippen molar-refractivity contribution in [1.82, 2.24) is 5.32 Å². The third-order valence-electron chi connectivity index (χ3n) is 5.21. The summed E-state index contributed by atoms with van der Waals surface area (Å²) in [5.41, 5.74) is 3.44. The van der Waals surface area contributed by atoms with E-state index in [-0.39, 0.29) is 12.1 Å². The molecule has 0 unspecified atom stereocenters. The van der Waals surface area contributed by atoms with Crippen molar-refractivity contribution in [3.05, 3.63) is 65.7 Å². The quantitative estimate of drug-likeness (QED) is 0.789. The number of ether oxygens (including phenoxy) is 1. The summed E-state index contributed by atoms with van der Waals surface area (Å²) in [6, 6.07) is 18.7. The van der Waals surface area contributed by atoms with Crippen LogP contribution in [0.25, 0.3) is 0 Å². The maximum Gasteiger partial charge on any atom is 0.407 e. The predicted molar refractivity (Wildman–Crippen MR) is 108 cm³/mol. The number of benzene rings is 2. The number of likely N-dealkylation sites (tertiary alicyclic amines) is 1. The Labute approximate surface area is 161 Å². The minimum atomic E-state index is -0.354. The maximum atomic E-state index is 12.2. The van der Waals surface area contributed by atoms with E-state index in [0.717, 1.165) is 18.7 Å². The smallest absolute Gasteiger partial charge is 0.407 e. The number of hydrogen-bond donors (Lipinski definition) is 2. The van der Waals surface area contributed by atoms with Crippen molar-refractivity contribution in [2.24, 2.45) is 0 Å². The molecule has 2 N–H and O–H groups in total. The molecule has 1 heterocycles. The number of rotatable bonds is 7. The highest BCUT2D eigenvalue weighted by molar-refractivity contribution is 5.67. The molecular weight excluding hydrogens is 338 g/mol. The van der Waals surface area contributed by atoms with E-state index in [1.165, 1.54) is 29.0 Å². The molecule has 0 aromatic heterocycles. The Bertz CT molecular complexity index is 710. The molecule has 1 saturated heterocycles. The van der Waals surface area contributed by atoms with Crippen LogP contribution in [0.5, 0.6) is 0 Å². The number of alkyl carbamates (subject to hydrolysis) is 1. The lowest BCUT2D eigenvalue weighted by molar-refractivity contribution is -0.918. The van der Waals surface area contributed by atoms with Gasteiger partial charge in [-0.15, -0.1) is 0 Å². The van der Waals surface area contributed by atoms with Crippen LogP contribution in [0.15, 0.2) is 54.6 Å². The van der Waals surface area contributed by atoms with E-state index in [2.05, 4.69) is 34.5 Å². The highest BCUT2D eigenvalue weighted by Gasteiger charge is 2.28. The Hall–Kier alpha value is -2.53. The molecular formula is C22H30N3O2+. The summed E-state index contributed by atoms with van der Waals surface area (Å²) in [5, 5.41) is 2.97. The molecule has 1 aliphatic heterocycles. The molecule has 1 aliphatic rings. The van der Waals surface area contributed by atoms with Gasteiger partial charge in [-0.1, -0.05) is 42.5 Å². The van der Waals surface area contributed by atoms with E-state index in [9.17, 15) is 4.79 Å². The van der Waals surface area contributed by atoms with Gasteiger partial charge in [-0.3, -0.25) is 0 Å². The lowest BCUT2D eigenvalue weighted by atomic mass is 10.0. The summed E-state index contributed by atoms with van der Waals surface area (Å²) < 4.78 is 5.36. The van der Waals surface area contributed by atoms with E-state index in [1.807, 2.05) is 44.4 Å². The van der Waals surface area contributed by atoms with Gasteiger partial charge in [0, 0.05) is 38.2 Å². The summed E-state index contributed by atoms with van der Waals surface area (Å²) >= 11 is 0. The molecule has 1 atom stereocenters. The third-order valence-corrected chi connectivity index (χ3v) is 5.21. The molecule has 0 spiro atoms. The van der Waals surface area contributed by atoms with E-state index in [0.29, 0.717) is 13.2 Å². The van der Waals surface area contributed by atoms with E-state index >= 15 is 0 Å². The Morgan fingerprint density at radius 1 is 1.07 bits per heavy atom. The number of hydrogen-bond acceptors (Lipinski definition) is 3. The highest BCUT2D eigenvalue weighted by Crippen LogP contribution is 2.17. The van der Waals surface area contributed by atoms with Crippen LogP contribution in [-0.4, -0.2) is 39.8 Å². The van der Waals surface area contributed by atoms with Crippen molar-refractivity contribution in [1.29, 1.82) is 0 Å². The second-order valence-corrected chi connectivity index (χ2v) is 7.35. The first-order valence-electron chi connectivity index (χ1n) is 9.70. The zero-order chi connectivity index (χ0) is 19.1. The molecule has 1 fully saturated rings. The van der Waals surface area contributed by atoms with Crippen LogP contribution < -0.4 is 15.1 Å². The van der Waals surface area contributed by atoms with Gasteiger partial charge in [0.05, 0.1) is 19.6 Å². The Morgan fingerprint density at radius 2 is 1.74 bits per heavy atom. The fourth-order valence-corrected chi connectivity index (χ4v) is 3.64. The average molecular weight is 369 g/mol. The fraction of sp³-hybridized carbons (Fsp3) is 0.409. The number of quaternary nitrogens is 1. The van der Waals surface area contributed by atoms with E-state index in [4.69, 9.17) is 4.74 Å². The van der Waals surface area contributed by atoms with Crippen LogP contribution in [0.3, 0.4) is 0 Å². The van der Waals surface area contributed by atoms with Crippen LogP contribution in [-0.2, 0) is 11.3 Å². The summed E-state index contributed by atoms with van der Waals surface area (Å²) in [6.45, 7) is 3.19. The van der Waals surface area contributed by atoms with E-state index < -0.39 is 0 Å². The average Bonchev–Trinajstić information content (AvgIpc) is 3.22. The molecule has 144 valence electrons. The van der Waals surface area contributed by atoms with Crippen LogP contribution in [0.4, 0.5) is 10.5 Å². The van der Waals surface area contributed by atoms with Crippen molar-refractivity contribution < 1.29 is 14.4 Å². The van der Waals surface area contributed by atoms with Crippen molar-refractivity contribution in [3.63, 3.8) is 0 Å². The predicted octanol–water partition coefficient (Wildman–Crippen LogP) is 2.40. The molecule has 0 aliphatic carbocycles. The van der Waals surface area contributed by atoms with Gasteiger partial charge in [-0.2, -0.15) is 0 Å². The molecule has 0 saturated carbocycles. The molecule has 5 heteroatoms. The number of anilines is 1. The minimum Gasteiger partial charge on any atom is -0.445 e. The van der Waals surface area contributed by atoms with Crippen molar-refractivity contribution >= 4 is 11.8 Å². The van der Waals surface area contributed by atoms with Crippen molar-refractivity contribution in [3.8, 4) is 0 Å². The van der Waals surface area contributed by atoms with Gasteiger partial charge in [0.15, 0.2) is 0 Å². The van der Waals surface area contributed by atoms with Gasteiger partial charge >= 0.3 is 6.09 Å². The molecule has 27 heavy (non-hydrogen) atoms. The zero-order valence-electron chi connectivity index (χ0n) is 16.3. The monoisotopic (exact) mass is 368 g/mol. The third kappa shape index (κ3) is 5.47. The van der Waals surface area contributed by atoms with Crippen LogP contribution >= 0.6 is 0 Å². The Morgan fingerprint density at radius 3 is 2.37 bits per heavy atom. The lowest BCUT2D eigenvalue weighted by Crippen LogP contribution is -3.11. The van der Waals surface area contributed by atoms with Gasteiger partial charge < -0.3 is 19.9 Å². The highest BCUT2D eigenvalue weighted by atomic mass is 16.5. The minimum absolute atomic E-state index is 0.257. The largest absolute Gasteiger partial charge is 0.445 e. The van der Waals surface area contributed by atoms with Crippen molar-refractivity contribution in [2.45, 2.75) is 25.5 Å². The zero-order valence-corrected chi connectivity index (χ0v) is 16.3. The SMILES string of the molecule is CN(C)c1ccc([C@H](CNC(=O)OCc2ccccc2)[NH+]2CCCC2)cc1. The molecule has 2 aromatic carbocycles. The van der Waals surface area contributed by atoms with Gasteiger partial charge in [0.1, 0.15) is 12.6 Å². The van der Waals surface area contributed by atoms with Crippen LogP contribution in [0.2, 0.25) is 0 Å². The molecule has 2 aromatic rings. The topological polar surface area (TPSA) is 46.0 Å². The summed E-state index contributed by atoms with van der Waals surface area (Å²) in [4.78, 5) is 15.8. The van der Waals surface area contributed by atoms with Gasteiger partial charge in [-0.05, 0) is 17.7 Å². The summed E-state index contributed by atoms with van der Waals surface area (Å²) in [6.07, 6.45) is 2.15. The normalized spacial score (nSPS) is 15.3. The summed E-state index contributed by atoms with van der Waals surface area (Å²) in [5.74, 6) is 0. The van der Waals surface area contributed by atoms with Crippen LogP contribution in [0, 0.1) is 0 Å². The number of nitrogens with one attached hydrogen (secondary N) is 2. The molecule has 3 rings (SSSR count). The van der Waals surface area contributed by atoms with Gasteiger partial charge in [-0.25, -0.2) is 4.79 Å². The van der Waals surface area contributed by atoms with Crippen LogP contribution in [0.1, 0.15) is 30.0 Å². The first-order chi connectivity index (χ1) is 13.1. The second kappa shape index (κ2) is 9.42. The number of carbonyl (C=O) groups is 1. The Kier molecular flexibility index (Phi) is 6.71. The summed E-state index contributed by atoms with van der Waals surface area (Å²) in [7, 11) is 4.09. The second-order valence-electron chi connectivity index (χ2n) is 7.35. The standard InChI is InChI=1S/C22H29N3O2/c1-24(2)20-12-10-19(11-13-20)21(25-14-6-7-15-25)16-23-22(26)27-17-18-8-4-3-5-9-18/h3-5,8-13,21H,6-7,14-17H2,1-2H3,(H,23,26)/p+1/t21-/m0/s1. The van der Waals surface area contributed by atoms with Gasteiger partial charge in [0.25, 0.3) is 0 Å². The number of nitrogens with zero attached hydrogens (tertiary/aromatic N) is 1. The molecule has 5 nitrogen and oxygen atoms in total. The molecule has 0 radical (unpaired) electrons. The van der Waals surface area contributed by atoms with Gasteiger partial charge in [0.2, 0.25) is 0 Å². The first kappa shape index (κ1) is 19.2. The number of carbonyl (C=O) groups excluding carboxylic acids is 1. The van der Waals surface area contributed by atoms with E-state index in [1.54, 1.807) is 0 Å².